The van der Waals surface area contributed by atoms with Crippen LogP contribution in [0.25, 0.3) is 5.57 Å². The minimum absolute atomic E-state index is 0.244. The Morgan fingerprint density at radius 3 is 2.35 bits per heavy atom. The van der Waals surface area contributed by atoms with E-state index in [9.17, 15) is 14.4 Å². The molecule has 2 amide bonds. The van der Waals surface area contributed by atoms with Gasteiger partial charge in [-0.05, 0) is 24.6 Å². The number of imide groups is 1. The maximum atomic E-state index is 12.5. The lowest BCUT2D eigenvalue weighted by molar-refractivity contribution is -0.122. The maximum Gasteiger partial charge on any atom is 0.265 e. The molecule has 1 aliphatic rings. The summed E-state index contributed by atoms with van der Waals surface area (Å²) >= 11 is 0. The molecule has 0 aliphatic carbocycles. The van der Waals surface area contributed by atoms with Crippen LogP contribution in [0.2, 0.25) is 0 Å². The van der Waals surface area contributed by atoms with Crippen molar-refractivity contribution in [3.8, 4) is 0 Å². The van der Waals surface area contributed by atoms with Crippen molar-refractivity contribution in [2.45, 2.75) is 13.8 Å². The lowest BCUT2D eigenvalue weighted by atomic mass is 10.0. The number of hydrogen-bond donors (Lipinski definition) is 0. The molecule has 2 aromatic rings. The summed E-state index contributed by atoms with van der Waals surface area (Å²) in [5, 5.41) is 0. The molecule has 0 bridgehead atoms. The maximum absolute atomic E-state index is 12.5. The molecule has 0 aromatic heterocycles. The highest BCUT2D eigenvalue weighted by atomic mass is 16.2. The van der Waals surface area contributed by atoms with Crippen molar-refractivity contribution in [3.63, 3.8) is 0 Å². The van der Waals surface area contributed by atoms with Crippen molar-refractivity contribution >= 4 is 28.9 Å². The van der Waals surface area contributed by atoms with E-state index in [0.29, 0.717) is 16.8 Å². The summed E-state index contributed by atoms with van der Waals surface area (Å²) in [4.78, 5) is 37.9. The van der Waals surface area contributed by atoms with Crippen molar-refractivity contribution in [1.82, 2.24) is 0 Å². The Morgan fingerprint density at radius 1 is 1.00 bits per heavy atom. The number of carbonyl (C=O) groups is 3. The molecular weight excluding hydrogens is 290 g/mol. The van der Waals surface area contributed by atoms with Crippen LogP contribution in [0.1, 0.15) is 28.4 Å². The van der Waals surface area contributed by atoms with Gasteiger partial charge in [0.2, 0.25) is 5.91 Å². The number of ketones is 1. The molecule has 0 fully saturated rings. The monoisotopic (exact) mass is 305 g/mol. The van der Waals surface area contributed by atoms with Crippen LogP contribution in [0.5, 0.6) is 0 Å². The zero-order valence-electron chi connectivity index (χ0n) is 12.9. The van der Waals surface area contributed by atoms with Crippen molar-refractivity contribution < 1.29 is 14.4 Å². The van der Waals surface area contributed by atoms with E-state index >= 15 is 0 Å². The van der Waals surface area contributed by atoms with E-state index < -0.39 is 5.91 Å². The number of carbonyl (C=O) groups excluding carboxylic acids is 3. The third kappa shape index (κ3) is 2.48. The average Bonchev–Trinajstić information content (AvgIpc) is 2.80. The van der Waals surface area contributed by atoms with E-state index in [-0.39, 0.29) is 17.3 Å². The minimum Gasteiger partial charge on any atom is -0.289 e. The van der Waals surface area contributed by atoms with Gasteiger partial charge in [-0.25, -0.2) is 4.90 Å². The van der Waals surface area contributed by atoms with Gasteiger partial charge in [-0.3, -0.25) is 14.4 Å². The first-order chi connectivity index (χ1) is 11.0. The van der Waals surface area contributed by atoms with Gasteiger partial charge in [-0.1, -0.05) is 42.5 Å². The molecule has 0 atom stereocenters. The van der Waals surface area contributed by atoms with Crippen molar-refractivity contribution in [2.24, 2.45) is 0 Å². The van der Waals surface area contributed by atoms with Crippen LogP contribution in [0.15, 0.2) is 54.6 Å². The zero-order valence-corrected chi connectivity index (χ0v) is 12.9. The first-order valence-electron chi connectivity index (χ1n) is 7.27. The number of nitrogens with zero attached hydrogens (tertiary/aromatic N) is 1. The fourth-order valence-electron chi connectivity index (χ4n) is 2.75. The summed E-state index contributed by atoms with van der Waals surface area (Å²) in [5.74, 6) is -1.07. The molecular formula is C19H15NO3. The summed E-state index contributed by atoms with van der Waals surface area (Å²) < 4.78 is 0. The number of rotatable bonds is 2. The quantitative estimate of drug-likeness (QED) is 0.632. The van der Waals surface area contributed by atoms with Gasteiger partial charge in [0.15, 0.2) is 5.78 Å². The van der Waals surface area contributed by atoms with Crippen LogP contribution in [-0.4, -0.2) is 17.6 Å². The van der Waals surface area contributed by atoms with Crippen molar-refractivity contribution in [2.75, 3.05) is 4.90 Å². The van der Waals surface area contributed by atoms with E-state index in [0.717, 1.165) is 10.5 Å². The third-order valence-electron chi connectivity index (χ3n) is 3.87. The van der Waals surface area contributed by atoms with Crippen molar-refractivity contribution in [1.29, 1.82) is 0 Å². The molecule has 2 aromatic carbocycles. The van der Waals surface area contributed by atoms with Gasteiger partial charge in [0.05, 0.1) is 11.3 Å². The standard InChI is InChI=1S/C19H15NO3/c1-12-7-3-4-8-14(12)18(22)11-16-15-9-5-6-10-17(15)20(13(2)21)19(16)23/h3-11H,1-2H3/b16-11+. The van der Waals surface area contributed by atoms with E-state index in [4.69, 9.17) is 0 Å². The van der Waals surface area contributed by atoms with Crippen LogP contribution in [0, 0.1) is 6.92 Å². The number of benzene rings is 2. The molecule has 1 heterocycles. The largest absolute Gasteiger partial charge is 0.289 e. The number of amides is 2. The number of hydrogen-bond acceptors (Lipinski definition) is 3. The van der Waals surface area contributed by atoms with Gasteiger partial charge in [-0.15, -0.1) is 0 Å². The Hall–Kier alpha value is -3.01. The van der Waals surface area contributed by atoms with E-state index in [1.165, 1.54) is 13.0 Å². The molecule has 114 valence electrons. The molecule has 4 nitrogen and oxygen atoms in total. The predicted molar refractivity (Wildman–Crippen MR) is 88.1 cm³/mol. The first kappa shape index (κ1) is 14.9. The number of para-hydroxylation sites is 1. The average molecular weight is 305 g/mol. The SMILES string of the molecule is CC(=O)N1C(=O)/C(=C/C(=O)c2ccccc2C)c2ccccc21. The molecule has 0 saturated carbocycles. The topological polar surface area (TPSA) is 54.5 Å². The van der Waals surface area contributed by atoms with Gasteiger partial charge in [-0.2, -0.15) is 0 Å². The van der Waals surface area contributed by atoms with Crippen LogP contribution >= 0.6 is 0 Å². The van der Waals surface area contributed by atoms with Crippen molar-refractivity contribution in [3.05, 3.63) is 71.3 Å². The Bertz CT molecular complexity index is 864. The fourth-order valence-corrected chi connectivity index (χ4v) is 2.75. The Kier molecular flexibility index (Phi) is 3.66. The highest BCUT2D eigenvalue weighted by molar-refractivity contribution is 6.41. The van der Waals surface area contributed by atoms with Crippen LogP contribution in [0.4, 0.5) is 5.69 Å². The Labute approximate surface area is 134 Å². The lowest BCUT2D eigenvalue weighted by Crippen LogP contribution is -2.31. The van der Waals surface area contributed by atoms with Crippen LogP contribution in [0.3, 0.4) is 0 Å². The number of allylic oxidation sites excluding steroid dienone is 1. The summed E-state index contributed by atoms with van der Waals surface area (Å²) in [6, 6.07) is 14.2. The molecule has 1 aliphatic heterocycles. The van der Waals surface area contributed by atoms with Gasteiger partial charge >= 0.3 is 0 Å². The van der Waals surface area contributed by atoms with E-state index in [1.54, 1.807) is 36.4 Å². The summed E-state index contributed by atoms with van der Waals surface area (Å²) in [6.07, 6.45) is 1.33. The van der Waals surface area contributed by atoms with Gasteiger partial charge in [0.1, 0.15) is 0 Å². The van der Waals surface area contributed by atoms with Gasteiger partial charge in [0, 0.05) is 18.1 Å². The van der Waals surface area contributed by atoms with Gasteiger partial charge in [0.25, 0.3) is 5.91 Å². The molecule has 0 radical (unpaired) electrons. The highest BCUT2D eigenvalue weighted by Crippen LogP contribution is 2.36. The summed E-state index contributed by atoms with van der Waals surface area (Å²) in [5.41, 5.74) is 2.77. The predicted octanol–water partition coefficient (Wildman–Crippen LogP) is 3.15. The van der Waals surface area contributed by atoms with Crippen LogP contribution in [-0.2, 0) is 9.59 Å². The fraction of sp³-hybridized carbons (Fsp3) is 0.105. The number of aryl methyl sites for hydroxylation is 1. The highest BCUT2D eigenvalue weighted by Gasteiger charge is 2.35. The zero-order chi connectivity index (χ0) is 16.6. The lowest BCUT2D eigenvalue weighted by Gasteiger charge is -2.11. The smallest absolute Gasteiger partial charge is 0.265 e. The third-order valence-corrected chi connectivity index (χ3v) is 3.87. The van der Waals surface area contributed by atoms with Gasteiger partial charge < -0.3 is 0 Å². The van der Waals surface area contributed by atoms with E-state index in [1.807, 2.05) is 19.1 Å². The molecule has 4 heteroatoms. The second-order valence-electron chi connectivity index (χ2n) is 5.41. The second kappa shape index (κ2) is 5.65. The minimum atomic E-state index is -0.458. The first-order valence-corrected chi connectivity index (χ1v) is 7.27. The normalized spacial score (nSPS) is 15.0. The summed E-state index contributed by atoms with van der Waals surface area (Å²) in [7, 11) is 0. The molecule has 23 heavy (non-hydrogen) atoms. The molecule has 0 unspecified atom stereocenters. The molecule has 0 spiro atoms. The Morgan fingerprint density at radius 2 is 1.65 bits per heavy atom. The molecule has 0 saturated heterocycles. The molecule has 3 rings (SSSR count). The van der Waals surface area contributed by atoms with Crippen LogP contribution < -0.4 is 4.90 Å². The van der Waals surface area contributed by atoms with E-state index in [2.05, 4.69) is 0 Å². The summed E-state index contributed by atoms with van der Waals surface area (Å²) in [6.45, 7) is 3.18. The number of anilines is 1. The Balaban J connectivity index is 2.10. The number of fused-ring (bicyclic) bond motifs is 1. The molecule has 0 N–H and O–H groups in total. The second-order valence-corrected chi connectivity index (χ2v) is 5.41.